The largest absolute Gasteiger partial charge is 0.443 e. The van der Waals surface area contributed by atoms with E-state index in [9.17, 15) is 4.79 Å². The van der Waals surface area contributed by atoms with Gasteiger partial charge in [-0.15, -0.1) is 0 Å². The van der Waals surface area contributed by atoms with Gasteiger partial charge in [-0.25, -0.2) is 4.98 Å². The van der Waals surface area contributed by atoms with Gasteiger partial charge in [0.2, 0.25) is 0 Å². The van der Waals surface area contributed by atoms with Gasteiger partial charge in [-0.1, -0.05) is 60.7 Å². The molecule has 0 radical (unpaired) electrons. The van der Waals surface area contributed by atoms with Gasteiger partial charge in [0.1, 0.15) is 17.2 Å². The third-order valence-corrected chi connectivity index (χ3v) is 4.02. The van der Waals surface area contributed by atoms with Crippen LogP contribution in [0.1, 0.15) is 17.0 Å². The molecule has 4 aromatic rings. The second kappa shape index (κ2) is 6.61. The number of aromatic nitrogens is 1. The number of benzene rings is 3. The summed E-state index contributed by atoms with van der Waals surface area (Å²) in [6, 6.07) is 24.4. The van der Waals surface area contributed by atoms with Crippen LogP contribution in [0.5, 0.6) is 5.75 Å². The predicted molar refractivity (Wildman–Crippen MR) is 94.4 cm³/mol. The molecule has 0 unspecified atom stereocenters. The Morgan fingerprint density at radius 1 is 0.880 bits per heavy atom. The van der Waals surface area contributed by atoms with Crippen molar-refractivity contribution < 1.29 is 13.9 Å². The topological polar surface area (TPSA) is 52.3 Å². The van der Waals surface area contributed by atoms with Gasteiger partial charge in [0, 0.05) is 6.07 Å². The molecule has 1 aromatic heterocycles. The summed E-state index contributed by atoms with van der Waals surface area (Å²) in [5.41, 5.74) is 3.09. The maximum Gasteiger partial charge on any atom is 0.323 e. The highest BCUT2D eigenvalue weighted by Gasteiger charge is 2.24. The monoisotopic (exact) mass is 329 g/mol. The molecular formula is C21H15NO3. The molecule has 0 saturated heterocycles. The summed E-state index contributed by atoms with van der Waals surface area (Å²) < 4.78 is 10.9. The summed E-state index contributed by atoms with van der Waals surface area (Å²) in [4.78, 5) is 17.0. The van der Waals surface area contributed by atoms with Gasteiger partial charge in [0.05, 0.1) is 0 Å². The molecule has 0 N–H and O–H groups in total. The summed E-state index contributed by atoms with van der Waals surface area (Å²) in [6.45, 7) is 0. The molecule has 0 spiro atoms. The Balaban J connectivity index is 1.68. The Morgan fingerprint density at radius 3 is 2.16 bits per heavy atom. The molecule has 4 heteroatoms. The number of hydrogen-bond donors (Lipinski definition) is 0. The molecule has 4 rings (SSSR count). The molecule has 25 heavy (non-hydrogen) atoms. The normalized spacial score (nSPS) is 10.9. The second-order valence-corrected chi connectivity index (χ2v) is 5.66. The van der Waals surface area contributed by atoms with Gasteiger partial charge in [-0.2, -0.15) is 0 Å². The molecule has 0 atom stereocenters. The van der Waals surface area contributed by atoms with Crippen molar-refractivity contribution in [3.8, 4) is 5.75 Å². The molecule has 0 aliphatic carbocycles. The number of oxazole rings is 1. The molecule has 0 amide bonds. The van der Waals surface area contributed by atoms with E-state index < -0.39 is 5.92 Å². The second-order valence-electron chi connectivity index (χ2n) is 5.66. The van der Waals surface area contributed by atoms with Crippen LogP contribution in [0, 0.1) is 0 Å². The van der Waals surface area contributed by atoms with Crippen LogP contribution in [0.2, 0.25) is 0 Å². The summed E-state index contributed by atoms with van der Waals surface area (Å²) >= 11 is 0. The summed E-state index contributed by atoms with van der Waals surface area (Å²) in [5, 5.41) is 0. The molecular weight excluding hydrogens is 314 g/mol. The highest BCUT2D eigenvalue weighted by molar-refractivity contribution is 5.85. The Morgan fingerprint density at radius 2 is 1.52 bits per heavy atom. The van der Waals surface area contributed by atoms with E-state index in [2.05, 4.69) is 4.98 Å². The van der Waals surface area contributed by atoms with Gasteiger partial charge >= 0.3 is 5.97 Å². The van der Waals surface area contributed by atoms with E-state index in [0.29, 0.717) is 16.8 Å². The van der Waals surface area contributed by atoms with Gasteiger partial charge in [0.15, 0.2) is 12.0 Å². The lowest BCUT2D eigenvalue weighted by Crippen LogP contribution is -2.20. The highest BCUT2D eigenvalue weighted by atomic mass is 16.5. The zero-order valence-electron chi connectivity index (χ0n) is 13.3. The first kappa shape index (κ1) is 15.1. The molecule has 0 aliphatic heterocycles. The summed E-state index contributed by atoms with van der Waals surface area (Å²) in [6.07, 6.45) is 1.37. The van der Waals surface area contributed by atoms with Crippen LogP contribution in [0.4, 0.5) is 0 Å². The van der Waals surface area contributed by atoms with Crippen molar-refractivity contribution in [1.29, 1.82) is 0 Å². The molecule has 0 bridgehead atoms. The smallest absolute Gasteiger partial charge is 0.323 e. The Hall–Kier alpha value is -3.40. The van der Waals surface area contributed by atoms with Gasteiger partial charge in [-0.05, 0) is 23.3 Å². The first-order chi connectivity index (χ1) is 12.3. The molecule has 0 saturated carbocycles. The molecule has 122 valence electrons. The zero-order chi connectivity index (χ0) is 17.1. The van der Waals surface area contributed by atoms with Crippen LogP contribution in [0.15, 0.2) is 89.7 Å². The number of fused-ring (bicyclic) bond motifs is 1. The van der Waals surface area contributed by atoms with Crippen LogP contribution in [-0.2, 0) is 4.79 Å². The van der Waals surface area contributed by atoms with Crippen molar-refractivity contribution in [2.45, 2.75) is 5.92 Å². The summed E-state index contributed by atoms with van der Waals surface area (Å²) in [7, 11) is 0. The van der Waals surface area contributed by atoms with Crippen LogP contribution >= 0.6 is 0 Å². The van der Waals surface area contributed by atoms with Crippen molar-refractivity contribution in [3.63, 3.8) is 0 Å². The average molecular weight is 329 g/mol. The molecule has 0 fully saturated rings. The van der Waals surface area contributed by atoms with E-state index in [4.69, 9.17) is 9.15 Å². The lowest BCUT2D eigenvalue weighted by atomic mass is 9.91. The fraction of sp³-hybridized carbons (Fsp3) is 0.0476. The maximum absolute atomic E-state index is 12.9. The average Bonchev–Trinajstić information content (AvgIpc) is 3.11. The number of carbonyl (C=O) groups excluding carboxylic acids is 1. The third kappa shape index (κ3) is 3.15. The molecule has 3 aromatic carbocycles. The molecule has 0 aliphatic rings. The van der Waals surface area contributed by atoms with Gasteiger partial charge in [-0.3, -0.25) is 4.79 Å². The van der Waals surface area contributed by atoms with Gasteiger partial charge < -0.3 is 9.15 Å². The minimum atomic E-state index is -0.490. The van der Waals surface area contributed by atoms with Crippen LogP contribution in [0.25, 0.3) is 11.1 Å². The van der Waals surface area contributed by atoms with E-state index in [1.165, 1.54) is 6.39 Å². The van der Waals surface area contributed by atoms with E-state index in [-0.39, 0.29) is 5.97 Å². The Labute approximate surface area is 144 Å². The fourth-order valence-electron chi connectivity index (χ4n) is 2.83. The standard InChI is InChI=1S/C21H15NO3/c23-21(25-17-11-12-19-18(13-17)22-14-24-19)20(15-7-3-1-4-8-15)16-9-5-2-6-10-16/h1-14,20H. The van der Waals surface area contributed by atoms with Crippen molar-refractivity contribution >= 4 is 17.1 Å². The third-order valence-electron chi connectivity index (χ3n) is 4.02. The Kier molecular flexibility index (Phi) is 4.01. The van der Waals surface area contributed by atoms with E-state index in [0.717, 1.165) is 11.1 Å². The van der Waals surface area contributed by atoms with Crippen molar-refractivity contribution in [2.24, 2.45) is 0 Å². The van der Waals surface area contributed by atoms with Crippen molar-refractivity contribution in [1.82, 2.24) is 4.98 Å². The predicted octanol–water partition coefficient (Wildman–Crippen LogP) is 4.57. The first-order valence-corrected chi connectivity index (χ1v) is 7.96. The maximum atomic E-state index is 12.9. The van der Waals surface area contributed by atoms with Gasteiger partial charge in [0.25, 0.3) is 0 Å². The van der Waals surface area contributed by atoms with Crippen LogP contribution in [0.3, 0.4) is 0 Å². The fourth-order valence-corrected chi connectivity index (χ4v) is 2.83. The van der Waals surface area contributed by atoms with E-state index in [1.807, 2.05) is 60.7 Å². The minimum absolute atomic E-state index is 0.333. The number of carbonyl (C=O) groups is 1. The number of nitrogens with zero attached hydrogens (tertiary/aromatic N) is 1. The van der Waals surface area contributed by atoms with Crippen LogP contribution in [-0.4, -0.2) is 11.0 Å². The van der Waals surface area contributed by atoms with E-state index in [1.54, 1.807) is 18.2 Å². The van der Waals surface area contributed by atoms with Crippen LogP contribution < -0.4 is 4.74 Å². The number of hydrogen-bond acceptors (Lipinski definition) is 4. The minimum Gasteiger partial charge on any atom is -0.443 e. The first-order valence-electron chi connectivity index (χ1n) is 7.96. The lowest BCUT2D eigenvalue weighted by Gasteiger charge is -2.16. The number of ether oxygens (including phenoxy) is 1. The number of esters is 1. The quantitative estimate of drug-likeness (QED) is 0.407. The SMILES string of the molecule is O=C(Oc1ccc2ocnc2c1)C(c1ccccc1)c1ccccc1. The van der Waals surface area contributed by atoms with Crippen molar-refractivity contribution in [2.75, 3.05) is 0 Å². The Bertz CT molecular complexity index is 954. The number of rotatable bonds is 4. The van der Waals surface area contributed by atoms with E-state index >= 15 is 0 Å². The van der Waals surface area contributed by atoms with Crippen molar-refractivity contribution in [3.05, 3.63) is 96.4 Å². The lowest BCUT2D eigenvalue weighted by molar-refractivity contribution is -0.135. The zero-order valence-corrected chi connectivity index (χ0v) is 13.3. The highest BCUT2D eigenvalue weighted by Crippen LogP contribution is 2.28. The molecule has 4 nitrogen and oxygen atoms in total. The summed E-state index contributed by atoms with van der Waals surface area (Å²) in [5.74, 6) is -0.376. The molecule has 1 heterocycles.